The van der Waals surface area contributed by atoms with Crippen molar-refractivity contribution in [3.8, 4) is 0 Å². The number of para-hydroxylation sites is 1. The van der Waals surface area contributed by atoms with Gasteiger partial charge in [-0.1, -0.05) is 30.3 Å². The van der Waals surface area contributed by atoms with Crippen LogP contribution >= 0.6 is 0 Å². The minimum atomic E-state index is -0.267. The van der Waals surface area contributed by atoms with Crippen molar-refractivity contribution in [1.82, 2.24) is 10.4 Å². The highest BCUT2D eigenvalue weighted by Gasteiger charge is 2.12. The van der Waals surface area contributed by atoms with Crippen molar-refractivity contribution < 1.29 is 9.53 Å². The molecule has 1 aromatic heterocycles. The molecule has 3 aromatic rings. The second kappa shape index (κ2) is 8.19. The second-order valence-corrected chi connectivity index (χ2v) is 6.70. The van der Waals surface area contributed by atoms with Crippen LogP contribution < -0.4 is 10.3 Å². The number of hydrogen-bond donors (Lipinski definition) is 1. The zero-order valence-electron chi connectivity index (χ0n) is 15.8. The van der Waals surface area contributed by atoms with Crippen LogP contribution in [0.4, 0.5) is 5.69 Å². The lowest BCUT2D eigenvalue weighted by molar-refractivity contribution is 0.0954. The molecule has 4 rings (SSSR count). The Hall–Kier alpha value is -3.25. The first-order valence-corrected chi connectivity index (χ1v) is 9.33. The van der Waals surface area contributed by atoms with Gasteiger partial charge in [-0.15, -0.1) is 0 Å². The van der Waals surface area contributed by atoms with Crippen molar-refractivity contribution in [2.75, 3.05) is 31.2 Å². The van der Waals surface area contributed by atoms with Crippen molar-refractivity contribution in [1.29, 1.82) is 0 Å². The highest BCUT2D eigenvalue weighted by Crippen LogP contribution is 2.17. The van der Waals surface area contributed by atoms with E-state index in [2.05, 4.69) is 32.5 Å². The lowest BCUT2D eigenvalue weighted by atomic mass is 10.1. The van der Waals surface area contributed by atoms with Gasteiger partial charge in [0.25, 0.3) is 5.91 Å². The molecule has 0 radical (unpaired) electrons. The van der Waals surface area contributed by atoms with E-state index in [0.717, 1.165) is 42.8 Å². The number of aromatic nitrogens is 1. The summed E-state index contributed by atoms with van der Waals surface area (Å²) in [6, 6.07) is 17.7. The highest BCUT2D eigenvalue weighted by molar-refractivity contribution is 5.99. The van der Waals surface area contributed by atoms with Gasteiger partial charge >= 0.3 is 0 Å². The average molecular weight is 374 g/mol. The summed E-state index contributed by atoms with van der Waals surface area (Å²) in [5, 5.41) is 5.03. The molecule has 0 unspecified atom stereocenters. The number of nitrogens with zero attached hydrogens (tertiary/aromatic N) is 3. The summed E-state index contributed by atoms with van der Waals surface area (Å²) in [7, 11) is 0. The van der Waals surface area contributed by atoms with Gasteiger partial charge in [0, 0.05) is 24.2 Å². The predicted molar refractivity (Wildman–Crippen MR) is 111 cm³/mol. The highest BCUT2D eigenvalue weighted by atomic mass is 16.5. The Labute approximate surface area is 163 Å². The normalized spacial score (nSPS) is 14.5. The number of benzene rings is 2. The molecule has 1 aliphatic heterocycles. The molecule has 6 nitrogen and oxygen atoms in total. The number of hydrazone groups is 1. The maximum Gasteiger partial charge on any atom is 0.273 e. The summed E-state index contributed by atoms with van der Waals surface area (Å²) < 4.78 is 5.38. The Morgan fingerprint density at radius 1 is 1.14 bits per heavy atom. The summed E-state index contributed by atoms with van der Waals surface area (Å²) in [5.74, 6) is -0.267. The molecule has 1 fully saturated rings. The summed E-state index contributed by atoms with van der Waals surface area (Å²) in [5.41, 5.74) is 6.77. The summed E-state index contributed by atoms with van der Waals surface area (Å²) in [6.07, 6.45) is 1.64. The molecule has 2 heterocycles. The second-order valence-electron chi connectivity index (χ2n) is 6.70. The lowest BCUT2D eigenvalue weighted by Gasteiger charge is -2.28. The third kappa shape index (κ3) is 4.02. The van der Waals surface area contributed by atoms with Gasteiger partial charge in [-0.05, 0) is 36.8 Å². The topological polar surface area (TPSA) is 66.8 Å². The SMILES string of the molecule is Cc1nc2ccccc2cc1C(=O)N/N=C\c1ccc(N2CCOCC2)cc1. The molecule has 1 aliphatic rings. The van der Waals surface area contributed by atoms with Gasteiger partial charge in [0.05, 0.1) is 36.2 Å². The average Bonchev–Trinajstić information content (AvgIpc) is 2.74. The number of morpholine rings is 1. The van der Waals surface area contributed by atoms with Gasteiger partial charge < -0.3 is 9.64 Å². The third-order valence-electron chi connectivity index (χ3n) is 4.81. The standard InChI is InChI=1S/C22H22N4O2/c1-16-20(14-18-4-2-3-5-21(18)24-16)22(27)25-23-15-17-6-8-19(9-7-17)26-10-12-28-13-11-26/h2-9,14-15H,10-13H2,1H3,(H,25,27)/b23-15-. The summed E-state index contributed by atoms with van der Waals surface area (Å²) >= 11 is 0. The van der Waals surface area contributed by atoms with Crippen LogP contribution in [-0.2, 0) is 4.74 Å². The molecule has 1 N–H and O–H groups in total. The molecule has 0 spiro atoms. The number of amides is 1. The number of fused-ring (bicyclic) bond motifs is 1. The van der Waals surface area contributed by atoms with Crippen LogP contribution in [0, 0.1) is 6.92 Å². The molecule has 1 amide bonds. The van der Waals surface area contributed by atoms with Crippen molar-refractivity contribution in [3.63, 3.8) is 0 Å². The number of ether oxygens (including phenoxy) is 1. The van der Waals surface area contributed by atoms with E-state index in [-0.39, 0.29) is 5.91 Å². The Balaban J connectivity index is 1.41. The van der Waals surface area contributed by atoms with Gasteiger partial charge in [-0.3, -0.25) is 9.78 Å². The fourth-order valence-corrected chi connectivity index (χ4v) is 3.26. The van der Waals surface area contributed by atoms with E-state index in [1.54, 1.807) is 6.21 Å². The first-order chi connectivity index (χ1) is 13.7. The van der Waals surface area contributed by atoms with E-state index >= 15 is 0 Å². The lowest BCUT2D eigenvalue weighted by Crippen LogP contribution is -2.36. The monoisotopic (exact) mass is 374 g/mol. The maximum atomic E-state index is 12.5. The number of hydrogen-bond acceptors (Lipinski definition) is 5. The van der Waals surface area contributed by atoms with E-state index in [1.807, 2.05) is 49.4 Å². The summed E-state index contributed by atoms with van der Waals surface area (Å²) in [6.45, 7) is 5.16. The smallest absolute Gasteiger partial charge is 0.273 e. The summed E-state index contributed by atoms with van der Waals surface area (Å²) in [4.78, 5) is 19.3. The van der Waals surface area contributed by atoms with E-state index < -0.39 is 0 Å². The van der Waals surface area contributed by atoms with E-state index in [4.69, 9.17) is 4.74 Å². The minimum Gasteiger partial charge on any atom is -0.378 e. The van der Waals surface area contributed by atoms with Crippen molar-refractivity contribution >= 4 is 28.7 Å². The molecular weight excluding hydrogens is 352 g/mol. The molecular formula is C22H22N4O2. The number of rotatable bonds is 4. The van der Waals surface area contributed by atoms with Crippen LogP contribution in [0.1, 0.15) is 21.6 Å². The molecule has 2 aromatic carbocycles. The van der Waals surface area contributed by atoms with Crippen LogP contribution in [0.25, 0.3) is 10.9 Å². The zero-order valence-corrected chi connectivity index (χ0v) is 15.8. The zero-order chi connectivity index (χ0) is 19.3. The van der Waals surface area contributed by atoms with Crippen molar-refractivity contribution in [2.45, 2.75) is 6.92 Å². The van der Waals surface area contributed by atoms with Gasteiger partial charge in [-0.2, -0.15) is 5.10 Å². The van der Waals surface area contributed by atoms with E-state index in [0.29, 0.717) is 11.3 Å². The van der Waals surface area contributed by atoms with Gasteiger partial charge in [0.15, 0.2) is 0 Å². The van der Waals surface area contributed by atoms with Crippen molar-refractivity contribution in [3.05, 3.63) is 71.4 Å². The number of nitrogens with one attached hydrogen (secondary N) is 1. The van der Waals surface area contributed by atoms with E-state index in [9.17, 15) is 4.79 Å². The molecule has 1 saturated heterocycles. The number of carbonyl (C=O) groups is 1. The maximum absolute atomic E-state index is 12.5. The third-order valence-corrected chi connectivity index (χ3v) is 4.81. The number of aryl methyl sites for hydroxylation is 1. The molecule has 0 aliphatic carbocycles. The Morgan fingerprint density at radius 2 is 1.89 bits per heavy atom. The quantitative estimate of drug-likeness (QED) is 0.563. The minimum absolute atomic E-state index is 0.267. The van der Waals surface area contributed by atoms with Crippen LogP contribution in [0.3, 0.4) is 0 Å². The van der Waals surface area contributed by atoms with Crippen molar-refractivity contribution in [2.24, 2.45) is 5.10 Å². The van der Waals surface area contributed by atoms with Crippen LogP contribution in [0.2, 0.25) is 0 Å². The van der Waals surface area contributed by atoms with Crippen LogP contribution in [0.15, 0.2) is 59.7 Å². The fourth-order valence-electron chi connectivity index (χ4n) is 3.26. The number of carbonyl (C=O) groups excluding carboxylic acids is 1. The van der Waals surface area contributed by atoms with Crippen LogP contribution in [0.5, 0.6) is 0 Å². The Bertz CT molecular complexity index is 1010. The Kier molecular flexibility index (Phi) is 5.30. The molecule has 0 saturated carbocycles. The largest absolute Gasteiger partial charge is 0.378 e. The molecule has 0 bridgehead atoms. The molecule has 6 heteroatoms. The predicted octanol–water partition coefficient (Wildman–Crippen LogP) is 3.14. The van der Waals surface area contributed by atoms with Gasteiger partial charge in [0.2, 0.25) is 0 Å². The van der Waals surface area contributed by atoms with Crippen LogP contribution in [-0.4, -0.2) is 43.4 Å². The first-order valence-electron chi connectivity index (χ1n) is 9.33. The van der Waals surface area contributed by atoms with E-state index in [1.165, 1.54) is 5.69 Å². The van der Waals surface area contributed by atoms with Gasteiger partial charge in [-0.25, -0.2) is 5.43 Å². The molecule has 142 valence electrons. The Morgan fingerprint density at radius 3 is 2.68 bits per heavy atom. The number of anilines is 1. The molecule has 28 heavy (non-hydrogen) atoms. The first kappa shape index (κ1) is 18.1. The molecule has 0 atom stereocenters. The van der Waals surface area contributed by atoms with Gasteiger partial charge in [0.1, 0.15) is 0 Å². The number of pyridine rings is 1. The fraction of sp³-hybridized carbons (Fsp3) is 0.227.